The Balaban J connectivity index is 0.000000444. The van der Waals surface area contributed by atoms with E-state index in [0.717, 1.165) is 29.4 Å². The van der Waals surface area contributed by atoms with Crippen molar-refractivity contribution in [2.75, 3.05) is 0 Å². The summed E-state index contributed by atoms with van der Waals surface area (Å²) in [6, 6.07) is 1.99. The third kappa shape index (κ3) is 4.67. The summed E-state index contributed by atoms with van der Waals surface area (Å²) in [5, 5.41) is 20.5. The Morgan fingerprint density at radius 3 is 2.55 bits per heavy atom. The van der Waals surface area contributed by atoms with Crippen molar-refractivity contribution in [3.63, 3.8) is 0 Å². The lowest BCUT2D eigenvalue weighted by molar-refractivity contribution is -0.134. The van der Waals surface area contributed by atoms with Crippen molar-refractivity contribution in [3.8, 4) is 0 Å². The second-order valence-corrected chi connectivity index (χ2v) is 4.86. The van der Waals surface area contributed by atoms with Crippen LogP contribution in [-0.4, -0.2) is 35.6 Å². The van der Waals surface area contributed by atoms with Crippen molar-refractivity contribution in [2.24, 2.45) is 19.8 Å². The van der Waals surface area contributed by atoms with E-state index in [1.54, 1.807) is 18.0 Å². The van der Waals surface area contributed by atoms with Crippen LogP contribution >= 0.6 is 11.8 Å². The van der Waals surface area contributed by atoms with Crippen LogP contribution in [0.4, 0.5) is 0 Å². The molecule has 0 fully saturated rings. The van der Waals surface area contributed by atoms with E-state index in [1.807, 2.05) is 29.4 Å². The summed E-state index contributed by atoms with van der Waals surface area (Å²) in [7, 11) is 3.85. The summed E-state index contributed by atoms with van der Waals surface area (Å²) in [5.74, 6) is 0.792. The van der Waals surface area contributed by atoms with Crippen molar-refractivity contribution in [2.45, 2.75) is 24.4 Å². The van der Waals surface area contributed by atoms with Crippen molar-refractivity contribution in [1.29, 1.82) is 0 Å². The number of carboxylic acid groups (broad SMARTS) is 1. The first-order valence-electron chi connectivity index (χ1n) is 5.83. The topological polar surface area (TPSA) is 112 Å². The molecule has 2 heterocycles. The molecule has 0 unspecified atom stereocenters. The molecule has 3 N–H and O–H groups in total. The first-order chi connectivity index (χ1) is 9.45. The van der Waals surface area contributed by atoms with E-state index in [9.17, 15) is 0 Å². The molecule has 2 rings (SSSR count). The van der Waals surface area contributed by atoms with E-state index >= 15 is 0 Å². The van der Waals surface area contributed by atoms with Crippen LogP contribution in [0.3, 0.4) is 0 Å². The van der Waals surface area contributed by atoms with Gasteiger partial charge in [0.25, 0.3) is 5.97 Å². The molecule has 0 aliphatic carbocycles. The lowest BCUT2D eigenvalue weighted by Crippen LogP contribution is -2.05. The minimum absolute atomic E-state index is 0.412. The van der Waals surface area contributed by atoms with Gasteiger partial charge in [0.1, 0.15) is 5.82 Å². The van der Waals surface area contributed by atoms with E-state index in [2.05, 4.69) is 15.3 Å². The molecule has 0 amide bonds. The predicted octanol–water partition coefficient (Wildman–Crippen LogP) is 0.390. The summed E-state index contributed by atoms with van der Waals surface area (Å²) in [6.45, 7) is 1.50. The third-order valence-corrected chi connectivity index (χ3v) is 3.43. The van der Waals surface area contributed by atoms with Gasteiger partial charge in [-0.15, -0.1) is 10.2 Å². The smallest absolute Gasteiger partial charge is 0.300 e. The number of hydrogen-bond donors (Lipinski definition) is 2. The van der Waals surface area contributed by atoms with Gasteiger partial charge in [0.05, 0.1) is 6.54 Å². The van der Waals surface area contributed by atoms with E-state index in [-0.39, 0.29) is 0 Å². The lowest BCUT2D eigenvalue weighted by Gasteiger charge is -2.02. The summed E-state index contributed by atoms with van der Waals surface area (Å²) >= 11 is 1.63. The Kier molecular flexibility index (Phi) is 6.19. The average molecular weight is 298 g/mol. The van der Waals surface area contributed by atoms with Crippen molar-refractivity contribution < 1.29 is 9.90 Å². The average Bonchev–Trinajstić information content (AvgIpc) is 2.93. The quantitative estimate of drug-likeness (QED) is 0.785. The second-order valence-electron chi connectivity index (χ2n) is 3.92. The van der Waals surface area contributed by atoms with Crippen LogP contribution in [0.25, 0.3) is 0 Å². The van der Waals surface area contributed by atoms with E-state index in [0.29, 0.717) is 6.54 Å². The normalized spacial score (nSPS) is 10.0. The van der Waals surface area contributed by atoms with Gasteiger partial charge < -0.3 is 15.4 Å². The minimum Gasteiger partial charge on any atom is -0.481 e. The number of thioether (sulfide) groups is 1. The van der Waals surface area contributed by atoms with Gasteiger partial charge in [-0.25, -0.2) is 0 Å². The number of aryl methyl sites for hydroxylation is 1. The second kappa shape index (κ2) is 7.65. The van der Waals surface area contributed by atoms with Crippen LogP contribution in [-0.2, 0) is 31.2 Å². The summed E-state index contributed by atoms with van der Waals surface area (Å²) < 4.78 is 3.77. The van der Waals surface area contributed by atoms with Gasteiger partial charge in [0, 0.05) is 38.7 Å². The number of carbonyl (C=O) groups is 1. The molecule has 110 valence electrons. The molecule has 0 atom stereocenters. The maximum absolute atomic E-state index is 9.00. The van der Waals surface area contributed by atoms with Gasteiger partial charge >= 0.3 is 0 Å². The highest BCUT2D eigenvalue weighted by Gasteiger charge is 2.08. The molecule has 9 heteroatoms. The molecule has 2 aromatic heterocycles. The van der Waals surface area contributed by atoms with E-state index < -0.39 is 5.97 Å². The molecule has 0 saturated heterocycles. The zero-order valence-corrected chi connectivity index (χ0v) is 12.5. The number of aromatic nitrogens is 5. The van der Waals surface area contributed by atoms with Crippen LogP contribution in [0.2, 0.25) is 0 Å². The third-order valence-electron chi connectivity index (χ3n) is 2.38. The van der Waals surface area contributed by atoms with Crippen molar-refractivity contribution >= 4 is 17.7 Å². The number of rotatable bonds is 4. The summed E-state index contributed by atoms with van der Waals surface area (Å²) in [4.78, 5) is 9.00. The Morgan fingerprint density at radius 2 is 2.10 bits per heavy atom. The predicted molar refractivity (Wildman–Crippen MR) is 75.0 cm³/mol. The Labute approximate surface area is 121 Å². The largest absolute Gasteiger partial charge is 0.481 e. The fourth-order valence-electron chi connectivity index (χ4n) is 1.33. The van der Waals surface area contributed by atoms with Crippen LogP contribution in [0.5, 0.6) is 0 Å². The first-order valence-corrected chi connectivity index (χ1v) is 6.81. The molecule has 0 saturated carbocycles. The Morgan fingerprint density at radius 1 is 1.45 bits per heavy atom. The summed E-state index contributed by atoms with van der Waals surface area (Å²) in [5.41, 5.74) is 6.69. The zero-order valence-electron chi connectivity index (χ0n) is 11.6. The number of hydrogen-bond acceptors (Lipinski definition) is 6. The molecule has 8 nitrogen and oxygen atoms in total. The fourth-order valence-corrected chi connectivity index (χ4v) is 2.29. The van der Waals surface area contributed by atoms with Gasteiger partial charge in [-0.05, 0) is 6.07 Å². The number of nitrogens with two attached hydrogens (primary N) is 1. The van der Waals surface area contributed by atoms with Gasteiger partial charge in [0.15, 0.2) is 5.16 Å². The van der Waals surface area contributed by atoms with Crippen LogP contribution in [0.1, 0.15) is 18.4 Å². The van der Waals surface area contributed by atoms with Crippen LogP contribution < -0.4 is 5.73 Å². The highest BCUT2D eigenvalue weighted by Crippen LogP contribution is 2.20. The van der Waals surface area contributed by atoms with E-state index in [1.165, 1.54) is 0 Å². The van der Waals surface area contributed by atoms with Gasteiger partial charge in [-0.2, -0.15) is 5.10 Å². The molecule has 0 aliphatic rings. The highest BCUT2D eigenvalue weighted by molar-refractivity contribution is 7.98. The van der Waals surface area contributed by atoms with Crippen LogP contribution in [0.15, 0.2) is 17.4 Å². The molecule has 20 heavy (non-hydrogen) atoms. The molecule has 0 bridgehead atoms. The van der Waals surface area contributed by atoms with Crippen molar-refractivity contribution in [1.82, 2.24) is 24.5 Å². The molecule has 0 aliphatic heterocycles. The standard InChI is InChI=1S/C9H14N6S.C2H4O2/c1-14-8(5-10)12-13-9(14)16-6-7-3-4-11-15(7)2;1-2(3)4/h3-4H,5-6,10H2,1-2H3;1H3,(H,3,4). The number of carboxylic acids is 1. The Hall–Kier alpha value is -1.87. The summed E-state index contributed by atoms with van der Waals surface area (Å²) in [6.07, 6.45) is 1.79. The maximum atomic E-state index is 9.00. The van der Waals surface area contributed by atoms with Gasteiger partial charge in [-0.3, -0.25) is 9.48 Å². The molecule has 2 aromatic rings. The zero-order chi connectivity index (χ0) is 15.1. The first kappa shape index (κ1) is 16.2. The van der Waals surface area contributed by atoms with Gasteiger partial charge in [-0.1, -0.05) is 11.8 Å². The lowest BCUT2D eigenvalue weighted by atomic mass is 10.5. The SMILES string of the molecule is CC(=O)O.Cn1nccc1CSc1nnc(CN)n1C. The van der Waals surface area contributed by atoms with Crippen LogP contribution in [0, 0.1) is 0 Å². The highest BCUT2D eigenvalue weighted by atomic mass is 32.2. The molecule has 0 spiro atoms. The molecule has 0 radical (unpaired) electrons. The molecule has 0 aromatic carbocycles. The van der Waals surface area contributed by atoms with E-state index in [4.69, 9.17) is 15.6 Å². The number of nitrogens with zero attached hydrogens (tertiary/aromatic N) is 5. The monoisotopic (exact) mass is 298 g/mol. The minimum atomic E-state index is -0.833. The molecular formula is C11H18N6O2S. The Bertz CT molecular complexity index is 561. The number of aliphatic carboxylic acids is 1. The molecular weight excluding hydrogens is 280 g/mol. The van der Waals surface area contributed by atoms with Crippen molar-refractivity contribution in [3.05, 3.63) is 23.8 Å². The van der Waals surface area contributed by atoms with Gasteiger partial charge in [0.2, 0.25) is 0 Å². The fraction of sp³-hybridized carbons (Fsp3) is 0.455. The maximum Gasteiger partial charge on any atom is 0.300 e.